The molecule has 1 aromatic heterocycles. The zero-order valence-electron chi connectivity index (χ0n) is 9.15. The van der Waals surface area contributed by atoms with Gasteiger partial charge in [-0.25, -0.2) is 0 Å². The standard InChI is InChI=1S/C9H13N3O6/c10-9(17)4-6(15)3(11-12-4)8-7(16)5(14)2(1-13)18-8/h2,5,7-8,13-16H,1H2,(H2,10,17)(H,11,12)/t2-,5-,7-,8-/m1/s1. The molecule has 1 amide bonds. The number of primary amides is 1. The Labute approximate surface area is 101 Å². The fourth-order valence-corrected chi connectivity index (χ4v) is 1.85. The molecule has 9 nitrogen and oxygen atoms in total. The van der Waals surface area contributed by atoms with Crippen molar-refractivity contribution < 1.29 is 30.0 Å². The summed E-state index contributed by atoms with van der Waals surface area (Å²) in [5, 5.41) is 43.7. The molecule has 0 aromatic carbocycles. The molecule has 0 radical (unpaired) electrons. The maximum Gasteiger partial charge on any atom is 0.270 e. The van der Waals surface area contributed by atoms with E-state index in [0.717, 1.165) is 0 Å². The molecule has 0 unspecified atom stereocenters. The Morgan fingerprint density at radius 2 is 2.11 bits per heavy atom. The van der Waals surface area contributed by atoms with Crippen molar-refractivity contribution in [3.05, 3.63) is 11.4 Å². The maximum atomic E-state index is 10.9. The van der Waals surface area contributed by atoms with Gasteiger partial charge in [0.05, 0.1) is 6.61 Å². The Bertz CT molecular complexity index is 461. The topological polar surface area (TPSA) is 162 Å². The molecule has 1 saturated heterocycles. The molecule has 1 aliphatic rings. The Kier molecular flexibility index (Phi) is 3.22. The molecule has 9 heteroatoms. The first-order chi connectivity index (χ1) is 8.47. The summed E-state index contributed by atoms with van der Waals surface area (Å²) in [5.74, 6) is -1.46. The molecule has 0 aliphatic carbocycles. The zero-order valence-corrected chi connectivity index (χ0v) is 9.15. The lowest BCUT2D eigenvalue weighted by Crippen LogP contribution is -2.32. The van der Waals surface area contributed by atoms with Crippen LogP contribution < -0.4 is 5.73 Å². The number of rotatable bonds is 3. The average molecular weight is 259 g/mol. The number of carbonyl (C=O) groups excluding carboxylic acids is 1. The van der Waals surface area contributed by atoms with E-state index >= 15 is 0 Å². The number of aromatic hydroxyl groups is 1. The van der Waals surface area contributed by atoms with Crippen LogP contribution in [0.5, 0.6) is 5.75 Å². The van der Waals surface area contributed by atoms with Gasteiger partial charge in [-0.1, -0.05) is 0 Å². The number of carbonyl (C=O) groups is 1. The van der Waals surface area contributed by atoms with Gasteiger partial charge >= 0.3 is 0 Å². The van der Waals surface area contributed by atoms with E-state index in [-0.39, 0.29) is 11.4 Å². The zero-order chi connectivity index (χ0) is 13.4. The summed E-state index contributed by atoms with van der Waals surface area (Å²) < 4.78 is 5.15. The third-order valence-electron chi connectivity index (χ3n) is 2.83. The number of ether oxygens (including phenoxy) is 1. The van der Waals surface area contributed by atoms with Gasteiger partial charge in [0.15, 0.2) is 11.4 Å². The normalized spacial score (nSPS) is 31.7. The Balaban J connectivity index is 2.30. The maximum absolute atomic E-state index is 10.9. The molecular weight excluding hydrogens is 246 g/mol. The number of nitrogens with one attached hydrogen (secondary N) is 1. The second-order valence-electron chi connectivity index (χ2n) is 3.96. The minimum Gasteiger partial charge on any atom is -0.504 e. The molecule has 100 valence electrons. The number of aliphatic hydroxyl groups excluding tert-OH is 3. The van der Waals surface area contributed by atoms with E-state index in [0.29, 0.717) is 0 Å². The molecule has 18 heavy (non-hydrogen) atoms. The highest BCUT2D eigenvalue weighted by Gasteiger charge is 2.45. The minimum atomic E-state index is -1.38. The van der Waals surface area contributed by atoms with E-state index in [2.05, 4.69) is 10.2 Å². The second-order valence-corrected chi connectivity index (χ2v) is 3.96. The molecule has 1 aromatic rings. The van der Waals surface area contributed by atoms with Gasteiger partial charge in [0.25, 0.3) is 5.91 Å². The summed E-state index contributed by atoms with van der Waals surface area (Å²) >= 11 is 0. The highest BCUT2D eigenvalue weighted by molar-refractivity contribution is 5.93. The predicted molar refractivity (Wildman–Crippen MR) is 55.5 cm³/mol. The molecule has 2 rings (SSSR count). The summed E-state index contributed by atoms with van der Waals surface area (Å²) in [6, 6.07) is 0. The van der Waals surface area contributed by atoms with Crippen LogP contribution in [0.3, 0.4) is 0 Å². The quantitative estimate of drug-likeness (QED) is 0.346. The Morgan fingerprint density at radius 1 is 1.44 bits per heavy atom. The van der Waals surface area contributed by atoms with Crippen LogP contribution in [0.4, 0.5) is 0 Å². The van der Waals surface area contributed by atoms with Crippen molar-refractivity contribution in [2.24, 2.45) is 5.73 Å². The van der Waals surface area contributed by atoms with Crippen LogP contribution >= 0.6 is 0 Å². The Hall–Kier alpha value is -1.68. The minimum absolute atomic E-state index is 0.147. The number of hydrogen-bond donors (Lipinski definition) is 6. The second kappa shape index (κ2) is 4.53. The van der Waals surface area contributed by atoms with Crippen LogP contribution in [0.1, 0.15) is 22.3 Å². The SMILES string of the molecule is NC(=O)c1[nH]nc([C@H]2O[C@H](CO)[C@@H](O)[C@H]2O)c1O. The molecule has 4 atom stereocenters. The summed E-state index contributed by atoms with van der Waals surface area (Å²) in [7, 11) is 0. The van der Waals surface area contributed by atoms with Crippen LogP contribution in [0.25, 0.3) is 0 Å². The van der Waals surface area contributed by atoms with Crippen molar-refractivity contribution in [2.45, 2.75) is 24.4 Å². The fourth-order valence-electron chi connectivity index (χ4n) is 1.85. The first-order valence-electron chi connectivity index (χ1n) is 5.16. The van der Waals surface area contributed by atoms with Crippen LogP contribution in [0.15, 0.2) is 0 Å². The third kappa shape index (κ3) is 1.82. The van der Waals surface area contributed by atoms with Gasteiger partial charge < -0.3 is 30.9 Å². The van der Waals surface area contributed by atoms with Crippen molar-refractivity contribution >= 4 is 5.91 Å². The molecule has 1 fully saturated rings. The molecule has 1 aliphatic heterocycles. The number of amides is 1. The van der Waals surface area contributed by atoms with Crippen molar-refractivity contribution in [1.82, 2.24) is 10.2 Å². The first-order valence-corrected chi connectivity index (χ1v) is 5.16. The number of nitrogens with two attached hydrogens (primary N) is 1. The van der Waals surface area contributed by atoms with E-state index in [1.807, 2.05) is 0 Å². The highest BCUT2D eigenvalue weighted by atomic mass is 16.6. The number of aromatic nitrogens is 2. The largest absolute Gasteiger partial charge is 0.504 e. The van der Waals surface area contributed by atoms with Crippen LogP contribution in [-0.2, 0) is 4.74 Å². The molecule has 7 N–H and O–H groups in total. The predicted octanol–water partition coefficient (Wildman–Crippen LogP) is -2.63. The number of hydrogen-bond acceptors (Lipinski definition) is 7. The fraction of sp³-hybridized carbons (Fsp3) is 0.556. The van der Waals surface area contributed by atoms with Crippen molar-refractivity contribution in [1.29, 1.82) is 0 Å². The van der Waals surface area contributed by atoms with Crippen molar-refractivity contribution in [3.8, 4) is 5.75 Å². The van der Waals surface area contributed by atoms with Gasteiger partial charge in [-0.05, 0) is 0 Å². The van der Waals surface area contributed by atoms with Crippen LogP contribution in [0, 0.1) is 0 Å². The summed E-state index contributed by atoms with van der Waals surface area (Å²) in [6.45, 7) is -0.497. The number of H-pyrrole nitrogens is 1. The number of aromatic amines is 1. The van der Waals surface area contributed by atoms with Gasteiger partial charge in [0, 0.05) is 0 Å². The van der Waals surface area contributed by atoms with E-state index in [4.69, 9.17) is 15.6 Å². The van der Waals surface area contributed by atoms with Crippen molar-refractivity contribution in [3.63, 3.8) is 0 Å². The summed E-state index contributed by atoms with van der Waals surface area (Å²) in [5.41, 5.74) is 4.52. The third-order valence-corrected chi connectivity index (χ3v) is 2.83. The summed E-state index contributed by atoms with van der Waals surface area (Å²) in [6.07, 6.45) is -4.83. The molecule has 0 saturated carbocycles. The van der Waals surface area contributed by atoms with E-state index in [1.165, 1.54) is 0 Å². The van der Waals surface area contributed by atoms with E-state index < -0.39 is 42.7 Å². The molecular formula is C9H13N3O6. The Morgan fingerprint density at radius 3 is 2.56 bits per heavy atom. The van der Waals surface area contributed by atoms with E-state index in [9.17, 15) is 20.1 Å². The summed E-state index contributed by atoms with van der Waals surface area (Å²) in [4.78, 5) is 10.9. The van der Waals surface area contributed by atoms with Gasteiger partial charge in [0.2, 0.25) is 0 Å². The molecule has 0 spiro atoms. The monoisotopic (exact) mass is 259 g/mol. The number of aliphatic hydroxyl groups is 3. The molecule has 2 heterocycles. The van der Waals surface area contributed by atoms with Gasteiger partial charge in [-0.15, -0.1) is 0 Å². The van der Waals surface area contributed by atoms with Crippen LogP contribution in [-0.4, -0.2) is 61.4 Å². The number of nitrogens with zero attached hydrogens (tertiary/aromatic N) is 1. The molecule has 0 bridgehead atoms. The lowest BCUT2D eigenvalue weighted by Gasteiger charge is -2.12. The first kappa shape index (κ1) is 12.8. The van der Waals surface area contributed by atoms with Gasteiger partial charge in [0.1, 0.15) is 30.1 Å². The lowest BCUT2D eigenvalue weighted by molar-refractivity contribution is -0.0245. The van der Waals surface area contributed by atoms with Gasteiger partial charge in [-0.2, -0.15) is 5.10 Å². The van der Waals surface area contributed by atoms with Crippen molar-refractivity contribution in [2.75, 3.05) is 6.61 Å². The lowest BCUT2D eigenvalue weighted by atomic mass is 10.1. The van der Waals surface area contributed by atoms with E-state index in [1.54, 1.807) is 0 Å². The van der Waals surface area contributed by atoms with Gasteiger partial charge in [-0.3, -0.25) is 9.89 Å². The van der Waals surface area contributed by atoms with Crippen LogP contribution in [0.2, 0.25) is 0 Å². The smallest absolute Gasteiger partial charge is 0.270 e. The average Bonchev–Trinajstić information content (AvgIpc) is 2.82. The highest BCUT2D eigenvalue weighted by Crippen LogP contribution is 2.37.